The summed E-state index contributed by atoms with van der Waals surface area (Å²) in [4.78, 5) is 11.7. The van der Waals surface area contributed by atoms with Crippen LogP contribution in [0.2, 0.25) is 0 Å². The second kappa shape index (κ2) is 6.27. The van der Waals surface area contributed by atoms with E-state index in [1.54, 1.807) is 0 Å². The lowest BCUT2D eigenvalue weighted by molar-refractivity contribution is -0.121. The zero-order valence-corrected chi connectivity index (χ0v) is 11.0. The molecule has 1 aromatic rings. The van der Waals surface area contributed by atoms with E-state index in [1.165, 1.54) is 0 Å². The second-order valence-corrected chi connectivity index (χ2v) is 4.56. The average Bonchev–Trinajstić information content (AvgIpc) is 2.73. The molecule has 0 fully saturated rings. The first-order valence-electron chi connectivity index (χ1n) is 6.10. The van der Waals surface area contributed by atoms with Crippen LogP contribution in [0.4, 0.5) is 5.82 Å². The zero-order valence-electron chi connectivity index (χ0n) is 11.0. The average molecular weight is 238 g/mol. The van der Waals surface area contributed by atoms with Crippen molar-refractivity contribution in [2.45, 2.75) is 40.3 Å². The highest BCUT2D eigenvalue weighted by molar-refractivity contribution is 5.83. The van der Waals surface area contributed by atoms with E-state index >= 15 is 0 Å². The van der Waals surface area contributed by atoms with Crippen molar-refractivity contribution in [3.05, 3.63) is 12.3 Å². The molecule has 1 unspecified atom stereocenters. The number of rotatable bonds is 6. The van der Waals surface area contributed by atoms with Gasteiger partial charge >= 0.3 is 0 Å². The Labute approximate surface area is 103 Å². The van der Waals surface area contributed by atoms with E-state index < -0.39 is 0 Å². The first-order valence-corrected chi connectivity index (χ1v) is 6.10. The van der Waals surface area contributed by atoms with Crippen LogP contribution in [0.5, 0.6) is 0 Å². The van der Waals surface area contributed by atoms with Crippen LogP contribution in [0.1, 0.15) is 27.7 Å². The smallest absolute Gasteiger partial charge is 0.242 e. The highest BCUT2D eigenvalue weighted by atomic mass is 16.2. The van der Waals surface area contributed by atoms with E-state index in [9.17, 15) is 4.79 Å². The molecule has 5 nitrogen and oxygen atoms in total. The van der Waals surface area contributed by atoms with Crippen molar-refractivity contribution in [2.24, 2.45) is 5.92 Å². The van der Waals surface area contributed by atoms with Gasteiger partial charge in [-0.25, -0.2) is 0 Å². The molecule has 0 saturated heterocycles. The number of amides is 1. The standard InChI is InChI=1S/C12H22N4O/c1-5-16-7-6-11(15-16)14-10(4)12(17)13-8-9(2)3/h6-7,9-10H,5,8H2,1-4H3,(H,13,17)(H,14,15). The molecule has 5 heteroatoms. The maximum Gasteiger partial charge on any atom is 0.242 e. The van der Waals surface area contributed by atoms with Crippen LogP contribution in [-0.2, 0) is 11.3 Å². The Hall–Kier alpha value is -1.52. The number of nitrogens with zero attached hydrogens (tertiary/aromatic N) is 2. The van der Waals surface area contributed by atoms with Gasteiger partial charge in [-0.05, 0) is 19.8 Å². The molecule has 0 aliphatic rings. The van der Waals surface area contributed by atoms with E-state index in [4.69, 9.17) is 0 Å². The topological polar surface area (TPSA) is 59.0 Å². The number of hydrogen-bond donors (Lipinski definition) is 2. The highest BCUT2D eigenvalue weighted by Gasteiger charge is 2.13. The zero-order chi connectivity index (χ0) is 12.8. The molecule has 0 saturated carbocycles. The van der Waals surface area contributed by atoms with Crippen molar-refractivity contribution >= 4 is 11.7 Å². The van der Waals surface area contributed by atoms with E-state index in [-0.39, 0.29) is 11.9 Å². The normalized spacial score (nSPS) is 12.5. The Balaban J connectivity index is 2.42. The molecule has 17 heavy (non-hydrogen) atoms. The van der Waals surface area contributed by atoms with E-state index in [0.29, 0.717) is 12.5 Å². The minimum Gasteiger partial charge on any atom is -0.357 e. The lowest BCUT2D eigenvalue weighted by Gasteiger charge is -2.14. The van der Waals surface area contributed by atoms with Crippen LogP contribution >= 0.6 is 0 Å². The summed E-state index contributed by atoms with van der Waals surface area (Å²) >= 11 is 0. The quantitative estimate of drug-likeness (QED) is 0.789. The van der Waals surface area contributed by atoms with E-state index in [2.05, 4.69) is 29.6 Å². The molecular formula is C12H22N4O. The monoisotopic (exact) mass is 238 g/mol. The SMILES string of the molecule is CCn1ccc(NC(C)C(=O)NCC(C)C)n1. The third kappa shape index (κ3) is 4.46. The number of nitrogens with one attached hydrogen (secondary N) is 2. The van der Waals surface area contributed by atoms with Crippen molar-refractivity contribution in [2.75, 3.05) is 11.9 Å². The van der Waals surface area contributed by atoms with Crippen molar-refractivity contribution in [1.29, 1.82) is 0 Å². The molecule has 1 amide bonds. The Morgan fingerprint density at radius 2 is 2.18 bits per heavy atom. The van der Waals surface area contributed by atoms with Crippen molar-refractivity contribution in [1.82, 2.24) is 15.1 Å². The Morgan fingerprint density at radius 3 is 2.71 bits per heavy atom. The van der Waals surface area contributed by atoms with Crippen molar-refractivity contribution in [3.8, 4) is 0 Å². The molecule has 1 atom stereocenters. The first kappa shape index (κ1) is 13.5. The number of anilines is 1. The van der Waals surface area contributed by atoms with Crippen molar-refractivity contribution < 1.29 is 4.79 Å². The van der Waals surface area contributed by atoms with Gasteiger partial charge in [0, 0.05) is 25.4 Å². The fourth-order valence-corrected chi connectivity index (χ4v) is 1.36. The summed E-state index contributed by atoms with van der Waals surface area (Å²) in [5.74, 6) is 1.20. The fraction of sp³-hybridized carbons (Fsp3) is 0.667. The minimum atomic E-state index is -0.269. The molecule has 1 rings (SSSR count). The molecule has 0 spiro atoms. The van der Waals surface area contributed by atoms with Gasteiger partial charge in [0.1, 0.15) is 11.9 Å². The summed E-state index contributed by atoms with van der Waals surface area (Å²) in [5, 5.41) is 10.2. The lowest BCUT2D eigenvalue weighted by Crippen LogP contribution is -2.39. The van der Waals surface area contributed by atoms with Crippen LogP contribution in [0, 0.1) is 5.92 Å². The second-order valence-electron chi connectivity index (χ2n) is 4.56. The Morgan fingerprint density at radius 1 is 1.47 bits per heavy atom. The van der Waals surface area contributed by atoms with Crippen molar-refractivity contribution in [3.63, 3.8) is 0 Å². The van der Waals surface area contributed by atoms with E-state index in [1.807, 2.05) is 30.8 Å². The molecular weight excluding hydrogens is 216 g/mol. The van der Waals surface area contributed by atoms with Gasteiger partial charge in [-0.15, -0.1) is 0 Å². The third-order valence-electron chi connectivity index (χ3n) is 2.41. The fourth-order valence-electron chi connectivity index (χ4n) is 1.36. The van der Waals surface area contributed by atoms with E-state index in [0.717, 1.165) is 12.4 Å². The molecule has 2 N–H and O–H groups in total. The number of aryl methyl sites for hydroxylation is 1. The Kier molecular flexibility index (Phi) is 5.00. The number of aromatic nitrogens is 2. The lowest BCUT2D eigenvalue weighted by atomic mass is 10.2. The van der Waals surface area contributed by atoms with Crippen LogP contribution < -0.4 is 10.6 Å². The van der Waals surface area contributed by atoms with Crippen LogP contribution in [-0.4, -0.2) is 28.3 Å². The van der Waals surface area contributed by atoms with Gasteiger partial charge in [0.25, 0.3) is 0 Å². The number of carbonyl (C=O) groups excluding carboxylic acids is 1. The van der Waals surface area contributed by atoms with Crippen LogP contribution in [0.3, 0.4) is 0 Å². The summed E-state index contributed by atoms with van der Waals surface area (Å²) in [6.07, 6.45) is 1.89. The predicted octanol–water partition coefficient (Wildman–Crippen LogP) is 1.48. The van der Waals surface area contributed by atoms with Gasteiger partial charge in [-0.1, -0.05) is 13.8 Å². The molecule has 96 valence electrons. The van der Waals surface area contributed by atoms with Gasteiger partial charge in [0.05, 0.1) is 0 Å². The predicted molar refractivity (Wildman–Crippen MR) is 68.8 cm³/mol. The highest BCUT2D eigenvalue weighted by Crippen LogP contribution is 2.04. The van der Waals surface area contributed by atoms with Gasteiger partial charge in [0.15, 0.2) is 0 Å². The number of carbonyl (C=O) groups is 1. The summed E-state index contributed by atoms with van der Waals surface area (Å²) in [7, 11) is 0. The minimum absolute atomic E-state index is 0.00440. The molecule has 1 heterocycles. The number of hydrogen-bond acceptors (Lipinski definition) is 3. The van der Waals surface area contributed by atoms with Gasteiger partial charge in [0.2, 0.25) is 5.91 Å². The van der Waals surface area contributed by atoms with Gasteiger partial charge in [-0.2, -0.15) is 5.10 Å². The molecule has 0 bridgehead atoms. The van der Waals surface area contributed by atoms with Crippen LogP contribution in [0.15, 0.2) is 12.3 Å². The van der Waals surface area contributed by atoms with Gasteiger partial charge < -0.3 is 10.6 Å². The summed E-state index contributed by atoms with van der Waals surface area (Å²) in [6.45, 7) is 9.53. The van der Waals surface area contributed by atoms with Gasteiger partial charge in [-0.3, -0.25) is 9.48 Å². The largest absolute Gasteiger partial charge is 0.357 e. The molecule has 0 aliphatic heterocycles. The maximum atomic E-state index is 11.7. The first-order chi connectivity index (χ1) is 8.02. The molecule has 0 aromatic carbocycles. The molecule has 0 radical (unpaired) electrons. The summed E-state index contributed by atoms with van der Waals surface area (Å²) in [6, 6.07) is 1.60. The third-order valence-corrected chi connectivity index (χ3v) is 2.41. The maximum absolute atomic E-state index is 11.7. The Bertz CT molecular complexity index is 359. The molecule has 0 aliphatic carbocycles. The summed E-state index contributed by atoms with van der Waals surface area (Å²) < 4.78 is 1.82. The molecule has 1 aromatic heterocycles. The van der Waals surface area contributed by atoms with Crippen LogP contribution in [0.25, 0.3) is 0 Å². The summed E-state index contributed by atoms with van der Waals surface area (Å²) in [5.41, 5.74) is 0.